The molecule has 0 amide bonds. The Bertz CT molecular complexity index is 356. The first kappa shape index (κ1) is 9.55. The van der Waals surface area contributed by atoms with Gasteiger partial charge in [0.05, 0.1) is 6.04 Å². The smallest absolute Gasteiger partial charge is 0.123 e. The molecular formula is C9H10FN3. The van der Waals surface area contributed by atoms with Gasteiger partial charge in [-0.05, 0) is 35.7 Å². The zero-order valence-corrected chi connectivity index (χ0v) is 7.53. The molecule has 1 aromatic rings. The van der Waals surface area contributed by atoms with E-state index in [1.165, 1.54) is 12.1 Å². The molecule has 1 aromatic carbocycles. The van der Waals surface area contributed by atoms with Gasteiger partial charge in [0, 0.05) is 4.91 Å². The van der Waals surface area contributed by atoms with Crippen LogP contribution < -0.4 is 0 Å². The monoisotopic (exact) mass is 179 g/mol. The summed E-state index contributed by atoms with van der Waals surface area (Å²) in [5, 5.41) is 3.54. The van der Waals surface area contributed by atoms with Crippen molar-refractivity contribution in [1.82, 2.24) is 0 Å². The Balaban J connectivity index is 3.08. The maximum absolute atomic E-state index is 12.7. The summed E-state index contributed by atoms with van der Waals surface area (Å²) in [4.78, 5) is 2.71. The Morgan fingerprint density at radius 1 is 1.54 bits per heavy atom. The number of rotatable bonds is 2. The minimum Gasteiger partial charge on any atom is -0.207 e. The van der Waals surface area contributed by atoms with E-state index in [9.17, 15) is 4.39 Å². The summed E-state index contributed by atoms with van der Waals surface area (Å²) in [5.74, 6) is -0.269. The first-order valence-corrected chi connectivity index (χ1v) is 3.95. The number of nitrogens with zero attached hydrogens (tertiary/aromatic N) is 3. The SMILES string of the molecule is Cc1cc(F)ccc1[C@@H](C)N=[N+]=[N-]. The summed E-state index contributed by atoms with van der Waals surface area (Å²) in [5.41, 5.74) is 9.89. The van der Waals surface area contributed by atoms with E-state index in [0.29, 0.717) is 0 Å². The molecule has 0 radical (unpaired) electrons. The molecule has 0 unspecified atom stereocenters. The third-order valence-electron chi connectivity index (χ3n) is 1.91. The molecule has 0 aliphatic heterocycles. The molecule has 13 heavy (non-hydrogen) atoms. The minimum atomic E-state index is -0.269. The molecule has 0 N–H and O–H groups in total. The van der Waals surface area contributed by atoms with E-state index in [1.54, 1.807) is 19.9 Å². The van der Waals surface area contributed by atoms with Crippen LogP contribution in [0.15, 0.2) is 23.3 Å². The van der Waals surface area contributed by atoms with E-state index >= 15 is 0 Å². The quantitative estimate of drug-likeness (QED) is 0.379. The number of aryl methyl sites for hydroxylation is 1. The Morgan fingerprint density at radius 2 is 2.23 bits per heavy atom. The molecule has 1 rings (SSSR count). The second kappa shape index (κ2) is 3.92. The molecule has 0 bridgehead atoms. The molecule has 0 heterocycles. The lowest BCUT2D eigenvalue weighted by atomic mass is 10.0. The third kappa shape index (κ3) is 2.20. The van der Waals surface area contributed by atoms with Crippen molar-refractivity contribution < 1.29 is 4.39 Å². The van der Waals surface area contributed by atoms with E-state index in [1.807, 2.05) is 0 Å². The summed E-state index contributed by atoms with van der Waals surface area (Å²) in [7, 11) is 0. The fourth-order valence-electron chi connectivity index (χ4n) is 1.25. The van der Waals surface area contributed by atoms with Gasteiger partial charge in [-0.3, -0.25) is 0 Å². The average molecular weight is 179 g/mol. The van der Waals surface area contributed by atoms with E-state index in [-0.39, 0.29) is 11.9 Å². The van der Waals surface area contributed by atoms with Crippen molar-refractivity contribution in [3.8, 4) is 0 Å². The maximum Gasteiger partial charge on any atom is 0.123 e. The minimum absolute atomic E-state index is 0.245. The molecule has 0 aliphatic rings. The highest BCUT2D eigenvalue weighted by molar-refractivity contribution is 5.29. The summed E-state index contributed by atoms with van der Waals surface area (Å²) in [6.07, 6.45) is 0. The van der Waals surface area contributed by atoms with Gasteiger partial charge in [-0.2, -0.15) is 0 Å². The highest BCUT2D eigenvalue weighted by atomic mass is 19.1. The molecular weight excluding hydrogens is 169 g/mol. The van der Waals surface area contributed by atoms with Gasteiger partial charge in [-0.1, -0.05) is 18.1 Å². The van der Waals surface area contributed by atoms with E-state index in [2.05, 4.69) is 10.0 Å². The lowest BCUT2D eigenvalue weighted by Gasteiger charge is -2.08. The molecule has 68 valence electrons. The van der Waals surface area contributed by atoms with Crippen molar-refractivity contribution in [3.05, 3.63) is 45.6 Å². The Kier molecular flexibility index (Phi) is 2.88. The molecule has 3 nitrogen and oxygen atoms in total. The van der Waals surface area contributed by atoms with Crippen LogP contribution in [-0.4, -0.2) is 0 Å². The van der Waals surface area contributed by atoms with Crippen molar-refractivity contribution >= 4 is 0 Å². The van der Waals surface area contributed by atoms with E-state index < -0.39 is 0 Å². The zero-order valence-electron chi connectivity index (χ0n) is 7.53. The van der Waals surface area contributed by atoms with Crippen LogP contribution in [-0.2, 0) is 0 Å². The molecule has 4 heteroatoms. The van der Waals surface area contributed by atoms with Crippen LogP contribution in [0.25, 0.3) is 10.4 Å². The Hall–Kier alpha value is -1.54. The predicted molar refractivity (Wildman–Crippen MR) is 48.7 cm³/mol. The summed E-state index contributed by atoms with van der Waals surface area (Å²) in [6, 6.07) is 4.19. The van der Waals surface area contributed by atoms with Gasteiger partial charge >= 0.3 is 0 Å². The first-order valence-electron chi connectivity index (χ1n) is 3.95. The predicted octanol–water partition coefficient (Wildman–Crippen LogP) is 3.51. The highest BCUT2D eigenvalue weighted by Gasteiger charge is 2.06. The van der Waals surface area contributed by atoms with Gasteiger partial charge in [0.25, 0.3) is 0 Å². The Labute approximate surface area is 75.8 Å². The second-order valence-electron chi connectivity index (χ2n) is 2.88. The van der Waals surface area contributed by atoms with Gasteiger partial charge < -0.3 is 0 Å². The Morgan fingerprint density at radius 3 is 2.77 bits per heavy atom. The molecule has 0 aromatic heterocycles. The van der Waals surface area contributed by atoms with Gasteiger partial charge in [-0.25, -0.2) is 4.39 Å². The van der Waals surface area contributed by atoms with Crippen LogP contribution in [0.5, 0.6) is 0 Å². The fourth-order valence-corrected chi connectivity index (χ4v) is 1.25. The number of hydrogen-bond donors (Lipinski definition) is 0. The van der Waals surface area contributed by atoms with E-state index in [0.717, 1.165) is 11.1 Å². The lowest BCUT2D eigenvalue weighted by molar-refractivity contribution is 0.624. The third-order valence-corrected chi connectivity index (χ3v) is 1.91. The van der Waals surface area contributed by atoms with Crippen LogP contribution >= 0.6 is 0 Å². The average Bonchev–Trinajstić information content (AvgIpc) is 2.04. The summed E-state index contributed by atoms with van der Waals surface area (Å²) >= 11 is 0. The normalized spacial score (nSPS) is 11.9. The van der Waals surface area contributed by atoms with Crippen LogP contribution in [0, 0.1) is 12.7 Å². The van der Waals surface area contributed by atoms with Crippen LogP contribution in [0.1, 0.15) is 24.1 Å². The lowest BCUT2D eigenvalue weighted by Crippen LogP contribution is -1.93. The summed E-state index contributed by atoms with van der Waals surface area (Å²) in [6.45, 7) is 3.57. The summed E-state index contributed by atoms with van der Waals surface area (Å²) < 4.78 is 12.7. The molecule has 0 aliphatic carbocycles. The first-order chi connectivity index (χ1) is 6.15. The van der Waals surface area contributed by atoms with Gasteiger partial charge in [0.15, 0.2) is 0 Å². The topological polar surface area (TPSA) is 48.8 Å². The number of halogens is 1. The number of benzene rings is 1. The van der Waals surface area contributed by atoms with Crippen molar-refractivity contribution in [2.75, 3.05) is 0 Å². The second-order valence-corrected chi connectivity index (χ2v) is 2.88. The number of hydrogen-bond acceptors (Lipinski definition) is 1. The standard InChI is InChI=1S/C9H10FN3/c1-6-5-8(10)3-4-9(6)7(2)12-13-11/h3-5,7H,1-2H3/t7-/m1/s1. The molecule has 1 atom stereocenters. The van der Waals surface area contributed by atoms with Crippen molar-refractivity contribution in [2.45, 2.75) is 19.9 Å². The molecule has 0 saturated heterocycles. The van der Waals surface area contributed by atoms with E-state index in [4.69, 9.17) is 5.53 Å². The van der Waals surface area contributed by atoms with Gasteiger partial charge in [0.1, 0.15) is 5.82 Å². The molecule has 0 fully saturated rings. The zero-order chi connectivity index (χ0) is 9.84. The fraction of sp³-hybridized carbons (Fsp3) is 0.333. The highest BCUT2D eigenvalue weighted by Crippen LogP contribution is 2.21. The van der Waals surface area contributed by atoms with Gasteiger partial charge in [-0.15, -0.1) is 0 Å². The maximum atomic E-state index is 12.7. The van der Waals surface area contributed by atoms with Crippen molar-refractivity contribution in [2.24, 2.45) is 5.11 Å². The van der Waals surface area contributed by atoms with Crippen LogP contribution in [0.4, 0.5) is 4.39 Å². The van der Waals surface area contributed by atoms with Crippen molar-refractivity contribution in [3.63, 3.8) is 0 Å². The van der Waals surface area contributed by atoms with Gasteiger partial charge in [0.2, 0.25) is 0 Å². The number of azide groups is 1. The molecule has 0 spiro atoms. The molecule has 0 saturated carbocycles. The van der Waals surface area contributed by atoms with Crippen LogP contribution in [0.3, 0.4) is 0 Å². The van der Waals surface area contributed by atoms with Crippen molar-refractivity contribution in [1.29, 1.82) is 0 Å². The largest absolute Gasteiger partial charge is 0.207 e. The van der Waals surface area contributed by atoms with Crippen LogP contribution in [0.2, 0.25) is 0 Å².